The maximum absolute atomic E-state index is 14.1. The average molecular weight is 591 g/mol. The summed E-state index contributed by atoms with van der Waals surface area (Å²) in [5.74, 6) is -0.887. The fourth-order valence-corrected chi connectivity index (χ4v) is 5.49. The second kappa shape index (κ2) is 13.3. The smallest absolute Gasteiger partial charge is 0.244 e. The molecular formula is C29H33Cl2N3O4S. The lowest BCUT2D eigenvalue weighted by Crippen LogP contribution is -2.54. The lowest BCUT2D eigenvalue weighted by molar-refractivity contribution is -0.140. The molecule has 7 nitrogen and oxygen atoms in total. The molecule has 1 N–H and O–H groups in total. The first-order valence-corrected chi connectivity index (χ1v) is 15.1. The zero-order valence-corrected chi connectivity index (χ0v) is 24.7. The average Bonchev–Trinajstić information content (AvgIpc) is 2.87. The highest BCUT2D eigenvalue weighted by molar-refractivity contribution is 7.92. The van der Waals surface area contributed by atoms with Crippen LogP contribution in [0.2, 0.25) is 10.0 Å². The predicted octanol–water partition coefficient (Wildman–Crippen LogP) is 5.23. The van der Waals surface area contributed by atoms with Crippen LogP contribution in [0.5, 0.6) is 0 Å². The molecule has 0 bridgehead atoms. The van der Waals surface area contributed by atoms with Crippen LogP contribution in [0.15, 0.2) is 72.8 Å². The minimum Gasteiger partial charge on any atom is -0.352 e. The molecule has 0 fully saturated rings. The maximum atomic E-state index is 14.1. The molecule has 2 amide bonds. The number of hydrogen-bond donors (Lipinski definition) is 1. The molecule has 0 saturated heterocycles. The van der Waals surface area contributed by atoms with Crippen molar-refractivity contribution in [2.45, 2.75) is 45.8 Å². The fourth-order valence-electron chi connectivity index (χ4n) is 4.19. The molecular weight excluding hydrogens is 557 g/mol. The molecule has 0 aliphatic heterocycles. The highest BCUT2D eigenvalue weighted by Gasteiger charge is 2.34. The van der Waals surface area contributed by atoms with Crippen LogP contribution >= 0.6 is 23.2 Å². The number of sulfonamides is 1. The summed E-state index contributed by atoms with van der Waals surface area (Å²) in [6, 6.07) is 20.5. The summed E-state index contributed by atoms with van der Waals surface area (Å²) in [6.07, 6.45) is 1.24. The molecule has 39 heavy (non-hydrogen) atoms. The van der Waals surface area contributed by atoms with Crippen LogP contribution in [-0.2, 0) is 32.6 Å². The summed E-state index contributed by atoms with van der Waals surface area (Å²) in [7, 11) is -3.95. The third kappa shape index (κ3) is 8.21. The number of benzene rings is 3. The van der Waals surface area contributed by atoms with Gasteiger partial charge in [-0.05, 0) is 49.6 Å². The predicted molar refractivity (Wildman–Crippen MR) is 158 cm³/mol. The van der Waals surface area contributed by atoms with E-state index in [4.69, 9.17) is 23.2 Å². The van der Waals surface area contributed by atoms with Gasteiger partial charge in [0.1, 0.15) is 12.6 Å². The van der Waals surface area contributed by atoms with Crippen molar-refractivity contribution in [3.63, 3.8) is 0 Å². The molecule has 3 aromatic carbocycles. The molecule has 10 heteroatoms. The standard InChI is InChI=1S/C29H33Cl2N3O4S/c1-20(2)32-29(36)26(17-22-12-6-5-7-13-22)33(18-23-14-9-8-11-21(23)3)27(35)19-34(39(4,37)38)25-16-10-15-24(30)28(25)31/h5-16,20,26H,17-19H2,1-4H3,(H,32,36). The van der Waals surface area contributed by atoms with E-state index in [0.717, 1.165) is 27.3 Å². The van der Waals surface area contributed by atoms with Crippen molar-refractivity contribution < 1.29 is 18.0 Å². The number of nitrogens with zero attached hydrogens (tertiary/aromatic N) is 2. The Labute approximate surface area is 240 Å². The van der Waals surface area contributed by atoms with E-state index in [1.165, 1.54) is 17.0 Å². The van der Waals surface area contributed by atoms with Gasteiger partial charge in [0.15, 0.2) is 0 Å². The van der Waals surface area contributed by atoms with E-state index >= 15 is 0 Å². The Balaban J connectivity index is 2.09. The van der Waals surface area contributed by atoms with Gasteiger partial charge in [0, 0.05) is 19.0 Å². The lowest BCUT2D eigenvalue weighted by atomic mass is 10.0. The van der Waals surface area contributed by atoms with Gasteiger partial charge < -0.3 is 10.2 Å². The lowest BCUT2D eigenvalue weighted by Gasteiger charge is -2.34. The third-order valence-electron chi connectivity index (χ3n) is 6.18. The van der Waals surface area contributed by atoms with Crippen LogP contribution < -0.4 is 9.62 Å². The number of carbonyl (C=O) groups is 2. The van der Waals surface area contributed by atoms with Crippen molar-refractivity contribution in [1.29, 1.82) is 0 Å². The zero-order chi connectivity index (χ0) is 28.7. The van der Waals surface area contributed by atoms with Gasteiger partial charge in [0.25, 0.3) is 0 Å². The molecule has 0 aliphatic carbocycles. The molecule has 1 unspecified atom stereocenters. The molecule has 3 rings (SSSR count). The number of hydrogen-bond acceptors (Lipinski definition) is 4. The van der Waals surface area contributed by atoms with Crippen molar-refractivity contribution in [2.24, 2.45) is 0 Å². The summed E-state index contributed by atoms with van der Waals surface area (Å²) in [4.78, 5) is 29.1. The molecule has 3 aromatic rings. The quantitative estimate of drug-likeness (QED) is 0.331. The zero-order valence-electron chi connectivity index (χ0n) is 22.4. The van der Waals surface area contributed by atoms with Gasteiger partial charge in [-0.25, -0.2) is 8.42 Å². The molecule has 0 radical (unpaired) electrons. The van der Waals surface area contributed by atoms with E-state index in [9.17, 15) is 18.0 Å². The summed E-state index contributed by atoms with van der Waals surface area (Å²) in [5, 5.41) is 3.10. The molecule has 0 spiro atoms. The molecule has 1 atom stereocenters. The molecule has 0 saturated carbocycles. The Morgan fingerprint density at radius 2 is 1.56 bits per heavy atom. The van der Waals surface area contributed by atoms with Gasteiger partial charge in [-0.1, -0.05) is 83.9 Å². The summed E-state index contributed by atoms with van der Waals surface area (Å²) in [6.45, 7) is 5.16. The van der Waals surface area contributed by atoms with Gasteiger partial charge in [-0.2, -0.15) is 0 Å². The Bertz CT molecular complexity index is 1420. The number of aryl methyl sites for hydroxylation is 1. The van der Waals surface area contributed by atoms with Crippen LogP contribution in [0.1, 0.15) is 30.5 Å². The number of halogens is 2. The largest absolute Gasteiger partial charge is 0.352 e. The van der Waals surface area contributed by atoms with E-state index in [0.29, 0.717) is 0 Å². The highest BCUT2D eigenvalue weighted by Crippen LogP contribution is 2.34. The van der Waals surface area contributed by atoms with E-state index in [1.807, 2.05) is 75.4 Å². The van der Waals surface area contributed by atoms with Crippen LogP contribution in [0.3, 0.4) is 0 Å². The topological polar surface area (TPSA) is 86.8 Å². The van der Waals surface area contributed by atoms with E-state index in [-0.39, 0.29) is 40.6 Å². The molecule has 0 heterocycles. The van der Waals surface area contributed by atoms with Gasteiger partial charge in [-0.3, -0.25) is 13.9 Å². The van der Waals surface area contributed by atoms with Crippen molar-refractivity contribution in [3.8, 4) is 0 Å². The van der Waals surface area contributed by atoms with Crippen LogP contribution in [0.25, 0.3) is 0 Å². The summed E-state index contributed by atoms with van der Waals surface area (Å²) < 4.78 is 26.7. The normalized spacial score (nSPS) is 12.2. The second-order valence-corrected chi connectivity index (χ2v) is 12.4. The van der Waals surface area contributed by atoms with Gasteiger partial charge >= 0.3 is 0 Å². The first-order chi connectivity index (χ1) is 18.4. The second-order valence-electron chi connectivity index (χ2n) is 9.66. The fraction of sp³-hybridized carbons (Fsp3) is 0.310. The van der Waals surface area contributed by atoms with Crippen molar-refractivity contribution >= 4 is 50.7 Å². The minimum atomic E-state index is -3.95. The molecule has 0 aromatic heterocycles. The van der Waals surface area contributed by atoms with Crippen molar-refractivity contribution in [3.05, 3.63) is 99.5 Å². The Morgan fingerprint density at radius 1 is 0.923 bits per heavy atom. The number of rotatable bonds is 11. The third-order valence-corrected chi connectivity index (χ3v) is 8.12. The monoisotopic (exact) mass is 589 g/mol. The molecule has 0 aliphatic rings. The van der Waals surface area contributed by atoms with E-state index in [2.05, 4.69) is 5.32 Å². The van der Waals surface area contributed by atoms with Crippen LogP contribution in [-0.4, -0.2) is 50.0 Å². The highest BCUT2D eigenvalue weighted by atomic mass is 35.5. The van der Waals surface area contributed by atoms with Crippen LogP contribution in [0, 0.1) is 6.92 Å². The van der Waals surface area contributed by atoms with E-state index < -0.39 is 28.5 Å². The Kier molecular flexibility index (Phi) is 10.4. The SMILES string of the molecule is Cc1ccccc1CN(C(=O)CN(c1cccc(Cl)c1Cl)S(C)(=O)=O)C(Cc1ccccc1)C(=O)NC(C)C. The van der Waals surface area contributed by atoms with Gasteiger partial charge in [0.05, 0.1) is 22.0 Å². The van der Waals surface area contributed by atoms with Crippen molar-refractivity contribution in [2.75, 3.05) is 17.1 Å². The minimum absolute atomic E-state index is 0.0150. The van der Waals surface area contributed by atoms with Gasteiger partial charge in [0.2, 0.25) is 21.8 Å². The summed E-state index contributed by atoms with van der Waals surface area (Å²) >= 11 is 12.5. The number of nitrogens with one attached hydrogen (secondary N) is 1. The summed E-state index contributed by atoms with van der Waals surface area (Å²) in [5.41, 5.74) is 2.73. The Morgan fingerprint density at radius 3 is 2.18 bits per heavy atom. The van der Waals surface area contributed by atoms with Crippen molar-refractivity contribution in [1.82, 2.24) is 10.2 Å². The number of carbonyl (C=O) groups excluding carboxylic acids is 2. The molecule has 208 valence electrons. The first kappa shape index (κ1) is 30.5. The van der Waals surface area contributed by atoms with Gasteiger partial charge in [-0.15, -0.1) is 0 Å². The van der Waals surface area contributed by atoms with E-state index in [1.54, 1.807) is 6.07 Å². The first-order valence-electron chi connectivity index (χ1n) is 12.5. The maximum Gasteiger partial charge on any atom is 0.244 e. The number of anilines is 1. The number of amides is 2. The Hall–Kier alpha value is -3.07. The van der Waals surface area contributed by atoms with Crippen LogP contribution in [0.4, 0.5) is 5.69 Å².